The van der Waals surface area contributed by atoms with Crippen molar-refractivity contribution in [1.82, 2.24) is 10.6 Å². The van der Waals surface area contributed by atoms with Crippen LogP contribution in [0.1, 0.15) is 20.3 Å². The van der Waals surface area contributed by atoms with E-state index in [9.17, 15) is 4.21 Å². The van der Waals surface area contributed by atoms with Crippen LogP contribution in [0.5, 0.6) is 0 Å². The maximum absolute atomic E-state index is 11.2. The highest BCUT2D eigenvalue weighted by Crippen LogP contribution is 2.02. The Labute approximate surface area is 101 Å². The molecular weight excluding hydrogens is 224 g/mol. The molecule has 4 nitrogen and oxygen atoms in total. The summed E-state index contributed by atoms with van der Waals surface area (Å²) >= 11 is 0. The zero-order valence-electron chi connectivity index (χ0n) is 10.3. The maximum atomic E-state index is 11.2. The van der Waals surface area contributed by atoms with E-state index in [4.69, 9.17) is 4.74 Å². The fourth-order valence-corrected chi connectivity index (χ4v) is 2.48. The van der Waals surface area contributed by atoms with Crippen molar-refractivity contribution in [2.45, 2.75) is 32.4 Å². The molecule has 0 aromatic heterocycles. The molecule has 0 aromatic rings. The minimum absolute atomic E-state index is 0.452. The lowest BCUT2D eigenvalue weighted by atomic mass is 10.1. The van der Waals surface area contributed by atoms with E-state index in [1.807, 2.05) is 6.92 Å². The van der Waals surface area contributed by atoms with Crippen molar-refractivity contribution >= 4 is 10.8 Å². The first-order valence-corrected chi connectivity index (χ1v) is 7.60. The van der Waals surface area contributed by atoms with Crippen molar-refractivity contribution in [3.05, 3.63) is 0 Å². The van der Waals surface area contributed by atoms with E-state index in [1.54, 1.807) is 0 Å². The fourth-order valence-electron chi connectivity index (χ4n) is 1.84. The molecule has 0 aromatic carbocycles. The molecule has 1 aliphatic rings. The molecular formula is C11H24N2O2S. The van der Waals surface area contributed by atoms with Crippen LogP contribution in [0.2, 0.25) is 0 Å². The summed E-state index contributed by atoms with van der Waals surface area (Å²) in [5, 5.41) is 6.84. The predicted molar refractivity (Wildman–Crippen MR) is 68.2 cm³/mol. The van der Waals surface area contributed by atoms with Crippen LogP contribution in [0.15, 0.2) is 0 Å². The molecule has 1 heterocycles. The van der Waals surface area contributed by atoms with E-state index in [1.165, 1.54) is 0 Å². The van der Waals surface area contributed by atoms with Crippen LogP contribution >= 0.6 is 0 Å². The van der Waals surface area contributed by atoms with Gasteiger partial charge in [-0.3, -0.25) is 4.21 Å². The third-order valence-electron chi connectivity index (χ3n) is 2.78. The van der Waals surface area contributed by atoms with Crippen molar-refractivity contribution in [3.8, 4) is 0 Å². The van der Waals surface area contributed by atoms with E-state index in [0.29, 0.717) is 12.1 Å². The summed E-state index contributed by atoms with van der Waals surface area (Å²) in [6.07, 6.45) is 1.07. The molecule has 0 spiro atoms. The van der Waals surface area contributed by atoms with Crippen LogP contribution in [0.4, 0.5) is 0 Å². The first kappa shape index (κ1) is 14.1. The Hall–Kier alpha value is 0.0300. The minimum Gasteiger partial charge on any atom is -0.379 e. The largest absolute Gasteiger partial charge is 0.379 e. The first-order valence-electron chi connectivity index (χ1n) is 6.12. The SMILES string of the molecule is CCS(=O)CCNC(C)CC1COCCN1. The van der Waals surface area contributed by atoms with Gasteiger partial charge >= 0.3 is 0 Å². The average molecular weight is 248 g/mol. The molecule has 0 aliphatic carbocycles. The quantitative estimate of drug-likeness (QED) is 0.671. The summed E-state index contributed by atoms with van der Waals surface area (Å²) in [7, 11) is -0.653. The van der Waals surface area contributed by atoms with Crippen LogP contribution in [0, 0.1) is 0 Å². The van der Waals surface area contributed by atoms with Crippen LogP contribution < -0.4 is 10.6 Å². The summed E-state index contributed by atoms with van der Waals surface area (Å²) in [6, 6.07) is 0.918. The number of hydrogen-bond donors (Lipinski definition) is 2. The molecule has 5 heteroatoms. The lowest BCUT2D eigenvalue weighted by Gasteiger charge is -2.26. The fraction of sp³-hybridized carbons (Fsp3) is 1.00. The van der Waals surface area contributed by atoms with E-state index in [2.05, 4.69) is 17.6 Å². The van der Waals surface area contributed by atoms with E-state index < -0.39 is 10.8 Å². The molecule has 0 radical (unpaired) electrons. The molecule has 3 unspecified atom stereocenters. The third-order valence-corrected chi connectivity index (χ3v) is 4.08. The molecule has 2 N–H and O–H groups in total. The highest BCUT2D eigenvalue weighted by molar-refractivity contribution is 7.84. The lowest BCUT2D eigenvalue weighted by molar-refractivity contribution is 0.0713. The predicted octanol–water partition coefficient (Wildman–Crippen LogP) is 0.112. The Morgan fingerprint density at radius 1 is 1.62 bits per heavy atom. The van der Waals surface area contributed by atoms with E-state index in [0.717, 1.165) is 44.2 Å². The van der Waals surface area contributed by atoms with Gasteiger partial charge in [-0.2, -0.15) is 0 Å². The van der Waals surface area contributed by atoms with Crippen LogP contribution in [0.25, 0.3) is 0 Å². The van der Waals surface area contributed by atoms with Crippen molar-refractivity contribution in [2.75, 3.05) is 37.8 Å². The Morgan fingerprint density at radius 2 is 2.44 bits per heavy atom. The molecule has 0 amide bonds. The van der Waals surface area contributed by atoms with E-state index >= 15 is 0 Å². The van der Waals surface area contributed by atoms with Gasteiger partial charge in [-0.05, 0) is 13.3 Å². The molecule has 1 saturated heterocycles. The van der Waals surface area contributed by atoms with Gasteiger partial charge in [0.2, 0.25) is 0 Å². The Kier molecular flexibility index (Phi) is 7.20. The monoisotopic (exact) mass is 248 g/mol. The van der Waals surface area contributed by atoms with E-state index in [-0.39, 0.29) is 0 Å². The highest BCUT2D eigenvalue weighted by atomic mass is 32.2. The van der Waals surface area contributed by atoms with Gasteiger partial charge < -0.3 is 15.4 Å². The molecule has 1 rings (SSSR count). The number of hydrogen-bond acceptors (Lipinski definition) is 4. The number of nitrogens with one attached hydrogen (secondary N) is 2. The molecule has 1 fully saturated rings. The van der Waals surface area contributed by atoms with Crippen molar-refractivity contribution < 1.29 is 8.95 Å². The maximum Gasteiger partial charge on any atom is 0.0620 e. The van der Waals surface area contributed by atoms with Gasteiger partial charge in [-0.25, -0.2) is 0 Å². The van der Waals surface area contributed by atoms with Gasteiger partial charge in [-0.15, -0.1) is 0 Å². The summed E-state index contributed by atoms with van der Waals surface area (Å²) in [5.41, 5.74) is 0. The second-order valence-corrected chi connectivity index (χ2v) is 6.11. The van der Waals surface area contributed by atoms with Crippen molar-refractivity contribution in [3.63, 3.8) is 0 Å². The topological polar surface area (TPSA) is 50.4 Å². The average Bonchev–Trinajstić information content (AvgIpc) is 2.30. The second-order valence-electron chi connectivity index (χ2n) is 4.25. The number of rotatable bonds is 7. The molecule has 16 heavy (non-hydrogen) atoms. The molecule has 3 atom stereocenters. The Balaban J connectivity index is 2.05. The lowest BCUT2D eigenvalue weighted by Crippen LogP contribution is -2.45. The van der Waals surface area contributed by atoms with Gasteiger partial charge in [0.25, 0.3) is 0 Å². The standard InChI is InChI=1S/C11H24N2O2S/c1-3-16(14)7-5-12-10(2)8-11-9-15-6-4-13-11/h10-13H,3-9H2,1-2H3. The summed E-state index contributed by atoms with van der Waals surface area (Å²) in [5.74, 6) is 1.52. The smallest absolute Gasteiger partial charge is 0.0620 e. The van der Waals surface area contributed by atoms with Gasteiger partial charge in [0.15, 0.2) is 0 Å². The van der Waals surface area contributed by atoms with Gasteiger partial charge in [0, 0.05) is 47.5 Å². The Bertz CT molecular complexity index is 208. The van der Waals surface area contributed by atoms with Crippen LogP contribution in [0.3, 0.4) is 0 Å². The third kappa shape index (κ3) is 5.94. The summed E-state index contributed by atoms with van der Waals surface area (Å²) in [6.45, 7) is 7.57. The van der Waals surface area contributed by atoms with Gasteiger partial charge in [-0.1, -0.05) is 6.92 Å². The van der Waals surface area contributed by atoms with Gasteiger partial charge in [0.1, 0.15) is 0 Å². The minimum atomic E-state index is -0.653. The van der Waals surface area contributed by atoms with Crippen molar-refractivity contribution in [2.24, 2.45) is 0 Å². The summed E-state index contributed by atoms with van der Waals surface area (Å²) in [4.78, 5) is 0. The second kappa shape index (κ2) is 8.17. The highest BCUT2D eigenvalue weighted by Gasteiger charge is 2.15. The molecule has 96 valence electrons. The van der Waals surface area contributed by atoms with Crippen molar-refractivity contribution in [1.29, 1.82) is 0 Å². The number of ether oxygens (including phenoxy) is 1. The van der Waals surface area contributed by atoms with Crippen LogP contribution in [-0.4, -0.2) is 54.1 Å². The van der Waals surface area contributed by atoms with Crippen LogP contribution in [-0.2, 0) is 15.5 Å². The zero-order chi connectivity index (χ0) is 11.8. The molecule has 0 bridgehead atoms. The Morgan fingerprint density at radius 3 is 3.06 bits per heavy atom. The molecule has 0 saturated carbocycles. The van der Waals surface area contributed by atoms with Gasteiger partial charge in [0.05, 0.1) is 13.2 Å². The first-order chi connectivity index (χ1) is 7.72. The number of morpholine rings is 1. The summed E-state index contributed by atoms with van der Waals surface area (Å²) < 4.78 is 16.6. The zero-order valence-corrected chi connectivity index (χ0v) is 11.1. The molecule has 1 aliphatic heterocycles. The normalized spacial score (nSPS) is 25.2.